The fraction of sp³-hybridized carbons (Fsp3) is 0.364. The van der Waals surface area contributed by atoms with Gasteiger partial charge in [0.15, 0.2) is 5.16 Å². The highest BCUT2D eigenvalue weighted by Gasteiger charge is 2.12. The minimum atomic E-state index is -0.832. The quantitative estimate of drug-likeness (QED) is 0.818. The van der Waals surface area contributed by atoms with E-state index in [0.717, 1.165) is 28.5 Å². The van der Waals surface area contributed by atoms with E-state index in [0.29, 0.717) is 0 Å². The monoisotopic (exact) mass is 283 g/mol. The van der Waals surface area contributed by atoms with Crippen LogP contribution in [0.15, 0.2) is 23.6 Å². The molecule has 1 N–H and O–H groups in total. The second kappa shape index (κ2) is 6.10. The topological polar surface area (TPSA) is 68.0 Å². The molecule has 2 heterocycles. The molecular formula is C11H13N3O2S2. The van der Waals surface area contributed by atoms with Crippen LogP contribution >= 0.6 is 23.5 Å². The summed E-state index contributed by atoms with van der Waals surface area (Å²) in [5.41, 5.74) is 1.82. The van der Waals surface area contributed by atoms with Gasteiger partial charge in [-0.1, -0.05) is 11.8 Å². The van der Waals surface area contributed by atoms with Gasteiger partial charge in [-0.3, -0.25) is 9.78 Å². The Morgan fingerprint density at radius 2 is 2.39 bits per heavy atom. The molecule has 0 saturated carbocycles. The molecule has 0 aliphatic carbocycles. The van der Waals surface area contributed by atoms with Gasteiger partial charge >= 0.3 is 5.97 Å². The predicted molar refractivity (Wildman–Crippen MR) is 74.3 cm³/mol. The van der Waals surface area contributed by atoms with Crippen molar-refractivity contribution in [1.82, 2.24) is 14.5 Å². The summed E-state index contributed by atoms with van der Waals surface area (Å²) in [6, 6.07) is 1.91. The molecule has 0 radical (unpaired) electrons. The number of aryl methyl sites for hydroxylation is 1. The summed E-state index contributed by atoms with van der Waals surface area (Å²) in [7, 11) is 0. The second-order valence-corrected chi connectivity index (χ2v) is 5.51. The summed E-state index contributed by atoms with van der Waals surface area (Å²) < 4.78 is 2.06. The average Bonchev–Trinajstić information content (AvgIpc) is 2.71. The van der Waals surface area contributed by atoms with Crippen molar-refractivity contribution in [2.75, 3.05) is 17.8 Å². The third-order valence-corrected chi connectivity index (χ3v) is 3.91. The molecule has 2 rings (SSSR count). The minimum absolute atomic E-state index is 0.0238. The van der Waals surface area contributed by atoms with Crippen LogP contribution in [0, 0.1) is 0 Å². The number of aliphatic carboxylic acids is 1. The van der Waals surface area contributed by atoms with E-state index >= 15 is 0 Å². The van der Waals surface area contributed by atoms with Gasteiger partial charge in [0.1, 0.15) is 5.52 Å². The lowest BCUT2D eigenvalue weighted by atomic mass is 10.4. The highest BCUT2D eigenvalue weighted by molar-refractivity contribution is 7.99. The lowest BCUT2D eigenvalue weighted by molar-refractivity contribution is -0.133. The Morgan fingerprint density at radius 3 is 3.11 bits per heavy atom. The maximum absolute atomic E-state index is 10.6. The van der Waals surface area contributed by atoms with Crippen molar-refractivity contribution in [2.24, 2.45) is 0 Å². The number of carboxylic acid groups (broad SMARTS) is 1. The molecule has 0 aliphatic rings. The van der Waals surface area contributed by atoms with Gasteiger partial charge in [0.05, 0.1) is 17.5 Å². The second-order valence-electron chi connectivity index (χ2n) is 3.59. The van der Waals surface area contributed by atoms with Crippen LogP contribution < -0.4 is 0 Å². The van der Waals surface area contributed by atoms with Crippen LogP contribution in [0.2, 0.25) is 0 Å². The third-order valence-electron chi connectivity index (χ3n) is 2.36. The highest BCUT2D eigenvalue weighted by atomic mass is 32.2. The summed E-state index contributed by atoms with van der Waals surface area (Å²) in [6.45, 7) is 0.823. The van der Waals surface area contributed by atoms with Crippen LogP contribution in [0.4, 0.5) is 0 Å². The predicted octanol–water partition coefficient (Wildman–Crippen LogP) is 1.97. The number of imidazole rings is 1. The van der Waals surface area contributed by atoms with E-state index in [9.17, 15) is 4.79 Å². The maximum atomic E-state index is 10.6. The molecule has 0 saturated heterocycles. The molecule has 0 spiro atoms. The first-order valence-electron chi connectivity index (χ1n) is 5.36. The number of carboxylic acids is 1. The Morgan fingerprint density at radius 1 is 1.56 bits per heavy atom. The molecule has 0 fully saturated rings. The lowest BCUT2D eigenvalue weighted by Gasteiger charge is -2.06. The van der Waals surface area contributed by atoms with Crippen LogP contribution in [0.5, 0.6) is 0 Å². The van der Waals surface area contributed by atoms with Gasteiger partial charge in [-0.2, -0.15) is 11.8 Å². The molecule has 0 unspecified atom stereocenters. The van der Waals surface area contributed by atoms with Crippen molar-refractivity contribution in [3.8, 4) is 0 Å². The van der Waals surface area contributed by atoms with Crippen molar-refractivity contribution in [2.45, 2.75) is 11.7 Å². The van der Waals surface area contributed by atoms with E-state index in [2.05, 4.69) is 14.5 Å². The number of pyridine rings is 1. The van der Waals surface area contributed by atoms with Crippen LogP contribution in [-0.2, 0) is 11.3 Å². The van der Waals surface area contributed by atoms with Crippen LogP contribution in [0.25, 0.3) is 11.0 Å². The number of thioether (sulfide) groups is 2. The zero-order chi connectivity index (χ0) is 13.0. The fourth-order valence-electron chi connectivity index (χ4n) is 1.59. The van der Waals surface area contributed by atoms with Crippen LogP contribution in [0.3, 0.4) is 0 Å². The first-order chi connectivity index (χ1) is 8.72. The van der Waals surface area contributed by atoms with Crippen molar-refractivity contribution in [3.63, 3.8) is 0 Å². The van der Waals surface area contributed by atoms with E-state index in [1.807, 2.05) is 12.3 Å². The molecule has 7 heteroatoms. The SMILES string of the molecule is CSCCn1c(SCC(=O)O)nc2cnccc21. The Kier molecular flexibility index (Phi) is 4.48. The average molecular weight is 283 g/mol. The summed E-state index contributed by atoms with van der Waals surface area (Å²) in [4.78, 5) is 19.1. The molecule has 18 heavy (non-hydrogen) atoms. The fourth-order valence-corrected chi connectivity index (χ4v) is 2.72. The Balaban J connectivity index is 2.33. The molecule has 0 aliphatic heterocycles. The number of hydrogen-bond acceptors (Lipinski definition) is 5. The molecule has 0 bridgehead atoms. The van der Waals surface area contributed by atoms with E-state index in [-0.39, 0.29) is 5.75 Å². The molecule has 5 nitrogen and oxygen atoms in total. The smallest absolute Gasteiger partial charge is 0.313 e. The van der Waals surface area contributed by atoms with Crippen molar-refractivity contribution in [1.29, 1.82) is 0 Å². The molecule has 2 aromatic heterocycles. The molecular weight excluding hydrogens is 270 g/mol. The largest absolute Gasteiger partial charge is 0.481 e. The summed E-state index contributed by atoms with van der Waals surface area (Å²) >= 11 is 3.00. The molecule has 0 atom stereocenters. The zero-order valence-corrected chi connectivity index (χ0v) is 11.5. The number of nitrogens with zero attached hydrogens (tertiary/aromatic N) is 3. The van der Waals surface area contributed by atoms with E-state index < -0.39 is 5.97 Å². The van der Waals surface area contributed by atoms with E-state index in [4.69, 9.17) is 5.11 Å². The third kappa shape index (κ3) is 2.97. The number of carbonyl (C=O) groups is 1. The van der Waals surface area contributed by atoms with Gasteiger partial charge in [-0.15, -0.1) is 0 Å². The highest BCUT2D eigenvalue weighted by Crippen LogP contribution is 2.23. The van der Waals surface area contributed by atoms with Crippen molar-refractivity contribution >= 4 is 40.5 Å². The van der Waals surface area contributed by atoms with Crippen molar-refractivity contribution < 1.29 is 9.90 Å². The minimum Gasteiger partial charge on any atom is -0.481 e. The summed E-state index contributed by atoms with van der Waals surface area (Å²) in [5, 5.41) is 9.49. The van der Waals surface area contributed by atoms with Crippen LogP contribution in [-0.4, -0.2) is 43.4 Å². The zero-order valence-electron chi connectivity index (χ0n) is 9.87. The molecule has 2 aromatic rings. The standard InChI is InChI=1S/C11H13N3O2S2/c1-17-5-4-14-9-2-3-12-6-8(9)13-11(14)18-7-10(15)16/h2-3,6H,4-5,7H2,1H3,(H,15,16). The molecule has 0 aromatic carbocycles. The summed E-state index contributed by atoms with van der Waals surface area (Å²) in [6.07, 6.45) is 5.48. The number of hydrogen-bond donors (Lipinski definition) is 1. The van der Waals surface area contributed by atoms with Crippen LogP contribution in [0.1, 0.15) is 0 Å². The summed E-state index contributed by atoms with van der Waals surface area (Å²) in [5.74, 6) is 0.159. The van der Waals surface area contributed by atoms with E-state index in [1.165, 1.54) is 11.8 Å². The Bertz CT molecular complexity index is 556. The Hall–Kier alpha value is -1.21. The van der Waals surface area contributed by atoms with E-state index in [1.54, 1.807) is 24.2 Å². The first kappa shape index (κ1) is 13.2. The lowest BCUT2D eigenvalue weighted by Crippen LogP contribution is -2.04. The van der Waals surface area contributed by atoms with Gasteiger partial charge < -0.3 is 9.67 Å². The maximum Gasteiger partial charge on any atom is 0.313 e. The molecule has 96 valence electrons. The van der Waals surface area contributed by atoms with Gasteiger partial charge in [0.2, 0.25) is 0 Å². The van der Waals surface area contributed by atoms with Gasteiger partial charge in [0.25, 0.3) is 0 Å². The van der Waals surface area contributed by atoms with Gasteiger partial charge in [-0.05, 0) is 12.3 Å². The normalized spacial score (nSPS) is 10.9. The van der Waals surface area contributed by atoms with Gasteiger partial charge in [0, 0.05) is 18.5 Å². The Labute approximate surface area is 113 Å². The molecule has 0 amide bonds. The first-order valence-corrected chi connectivity index (χ1v) is 7.74. The number of rotatable bonds is 6. The van der Waals surface area contributed by atoms with Crippen molar-refractivity contribution in [3.05, 3.63) is 18.5 Å². The number of fused-ring (bicyclic) bond motifs is 1. The number of aromatic nitrogens is 3. The van der Waals surface area contributed by atoms with Gasteiger partial charge in [-0.25, -0.2) is 4.98 Å².